The number of esters is 1. The Morgan fingerprint density at radius 2 is 1.72 bits per heavy atom. The van der Waals surface area contributed by atoms with Crippen molar-refractivity contribution in [1.29, 1.82) is 0 Å². The van der Waals surface area contributed by atoms with Gasteiger partial charge in [-0.2, -0.15) is 0 Å². The fourth-order valence-electron chi connectivity index (χ4n) is 1.31. The van der Waals surface area contributed by atoms with Gasteiger partial charge in [0.1, 0.15) is 5.02 Å². The molecule has 92 valence electrons. The summed E-state index contributed by atoms with van der Waals surface area (Å²) < 4.78 is 6.07. The van der Waals surface area contributed by atoms with Crippen LogP contribution in [0.1, 0.15) is 10.4 Å². The fourth-order valence-corrected chi connectivity index (χ4v) is 1.90. The maximum Gasteiger partial charge on any atom is 0.343 e. The Morgan fingerprint density at radius 3 is 2.39 bits per heavy atom. The Kier molecular flexibility index (Phi) is 4.27. The molecule has 0 unspecified atom stereocenters. The highest BCUT2D eigenvalue weighted by atomic mass is 79.9. The molecule has 0 atom stereocenters. The van der Waals surface area contributed by atoms with Crippen LogP contribution in [0.15, 0.2) is 46.9 Å². The van der Waals surface area contributed by atoms with Gasteiger partial charge >= 0.3 is 5.97 Å². The summed E-state index contributed by atoms with van der Waals surface area (Å²) in [5.41, 5.74) is 0.439. The van der Waals surface area contributed by atoms with E-state index in [1.807, 2.05) is 0 Å². The van der Waals surface area contributed by atoms with Crippen molar-refractivity contribution in [3.05, 3.63) is 62.5 Å². The molecule has 0 fully saturated rings. The van der Waals surface area contributed by atoms with Crippen LogP contribution in [0.2, 0.25) is 10.0 Å². The van der Waals surface area contributed by atoms with Gasteiger partial charge in [0.25, 0.3) is 0 Å². The molecule has 0 aromatic heterocycles. The van der Waals surface area contributed by atoms with E-state index in [2.05, 4.69) is 15.9 Å². The Morgan fingerprint density at radius 1 is 1.06 bits per heavy atom. The average Bonchev–Trinajstić information content (AvgIpc) is 2.36. The smallest absolute Gasteiger partial charge is 0.343 e. The van der Waals surface area contributed by atoms with E-state index in [4.69, 9.17) is 27.9 Å². The van der Waals surface area contributed by atoms with E-state index < -0.39 is 5.97 Å². The number of rotatable bonds is 2. The summed E-state index contributed by atoms with van der Waals surface area (Å²) in [6, 6.07) is 11.7. The molecule has 5 heteroatoms. The molecule has 0 radical (unpaired) electrons. The van der Waals surface area contributed by atoms with Gasteiger partial charge in [-0.25, -0.2) is 4.79 Å². The number of hydrogen-bond donors (Lipinski definition) is 0. The molecule has 2 aromatic rings. The SMILES string of the molecule is O=C(Oc1cccc(Cl)c1Cl)c1ccc(Br)cc1. The lowest BCUT2D eigenvalue weighted by Crippen LogP contribution is -2.08. The van der Waals surface area contributed by atoms with Crippen molar-refractivity contribution >= 4 is 45.1 Å². The standard InChI is InChI=1S/C13H7BrCl2O2/c14-9-6-4-8(5-7-9)13(17)18-11-3-1-2-10(15)12(11)16/h1-7H. The highest BCUT2D eigenvalue weighted by molar-refractivity contribution is 9.10. The van der Waals surface area contributed by atoms with E-state index in [1.165, 1.54) is 0 Å². The summed E-state index contributed by atoms with van der Waals surface area (Å²) in [7, 11) is 0. The number of hydrogen-bond acceptors (Lipinski definition) is 2. The zero-order chi connectivity index (χ0) is 13.1. The van der Waals surface area contributed by atoms with Crippen LogP contribution < -0.4 is 4.74 Å². The second kappa shape index (κ2) is 5.74. The van der Waals surface area contributed by atoms with Crippen molar-refractivity contribution in [3.8, 4) is 5.75 Å². The third-order valence-electron chi connectivity index (χ3n) is 2.20. The minimum absolute atomic E-state index is 0.227. The van der Waals surface area contributed by atoms with Crippen LogP contribution in [0.4, 0.5) is 0 Å². The molecule has 2 nitrogen and oxygen atoms in total. The van der Waals surface area contributed by atoms with Gasteiger partial charge in [-0.3, -0.25) is 0 Å². The quantitative estimate of drug-likeness (QED) is 0.567. The third kappa shape index (κ3) is 3.05. The molecule has 0 amide bonds. The first-order chi connectivity index (χ1) is 8.58. The van der Waals surface area contributed by atoms with E-state index in [0.717, 1.165) is 4.47 Å². The van der Waals surface area contributed by atoms with E-state index in [9.17, 15) is 4.79 Å². The minimum Gasteiger partial charge on any atom is -0.421 e. The van der Waals surface area contributed by atoms with Crippen molar-refractivity contribution in [2.45, 2.75) is 0 Å². The molecule has 0 heterocycles. The molecule has 0 saturated heterocycles. The second-order valence-electron chi connectivity index (χ2n) is 3.45. The Hall–Kier alpha value is -1.03. The molecule has 2 aromatic carbocycles. The first-order valence-electron chi connectivity index (χ1n) is 4.99. The van der Waals surface area contributed by atoms with Gasteiger partial charge in [0, 0.05) is 4.47 Å². The van der Waals surface area contributed by atoms with Gasteiger partial charge in [-0.15, -0.1) is 0 Å². The monoisotopic (exact) mass is 344 g/mol. The lowest BCUT2D eigenvalue weighted by Gasteiger charge is -2.07. The zero-order valence-electron chi connectivity index (χ0n) is 8.99. The first kappa shape index (κ1) is 13.4. The van der Waals surface area contributed by atoms with E-state index in [1.54, 1.807) is 42.5 Å². The van der Waals surface area contributed by atoms with Crippen LogP contribution in [0.5, 0.6) is 5.75 Å². The third-order valence-corrected chi connectivity index (χ3v) is 3.53. The lowest BCUT2D eigenvalue weighted by molar-refractivity contribution is 0.0735. The Balaban J connectivity index is 2.21. The molecule has 18 heavy (non-hydrogen) atoms. The molecule has 0 aliphatic heterocycles. The summed E-state index contributed by atoms with van der Waals surface area (Å²) in [6.45, 7) is 0. The van der Waals surface area contributed by atoms with Gasteiger partial charge < -0.3 is 4.74 Å². The maximum atomic E-state index is 11.8. The number of carbonyl (C=O) groups excluding carboxylic acids is 1. The summed E-state index contributed by atoms with van der Waals surface area (Å²) in [6.07, 6.45) is 0. The predicted molar refractivity (Wildman–Crippen MR) is 75.6 cm³/mol. The summed E-state index contributed by atoms with van der Waals surface area (Å²) in [5.74, 6) is -0.233. The highest BCUT2D eigenvalue weighted by Gasteiger charge is 2.12. The van der Waals surface area contributed by atoms with E-state index in [-0.39, 0.29) is 10.8 Å². The molecule has 2 rings (SSSR count). The highest BCUT2D eigenvalue weighted by Crippen LogP contribution is 2.31. The number of carbonyl (C=O) groups is 1. The van der Waals surface area contributed by atoms with Crippen LogP contribution in [-0.4, -0.2) is 5.97 Å². The van der Waals surface area contributed by atoms with Crippen molar-refractivity contribution < 1.29 is 9.53 Å². The van der Waals surface area contributed by atoms with Crippen LogP contribution in [-0.2, 0) is 0 Å². The molecular weight excluding hydrogens is 339 g/mol. The number of halogens is 3. The second-order valence-corrected chi connectivity index (χ2v) is 5.15. The topological polar surface area (TPSA) is 26.3 Å². The van der Waals surface area contributed by atoms with Gasteiger partial charge in [-0.1, -0.05) is 45.2 Å². The summed E-state index contributed by atoms with van der Waals surface area (Å²) in [4.78, 5) is 11.8. The van der Waals surface area contributed by atoms with E-state index >= 15 is 0 Å². The van der Waals surface area contributed by atoms with Crippen molar-refractivity contribution in [2.24, 2.45) is 0 Å². The maximum absolute atomic E-state index is 11.8. The molecule has 0 aliphatic carbocycles. The fraction of sp³-hybridized carbons (Fsp3) is 0. The minimum atomic E-state index is -0.480. The van der Waals surface area contributed by atoms with Crippen molar-refractivity contribution in [1.82, 2.24) is 0 Å². The predicted octanol–water partition coefficient (Wildman–Crippen LogP) is 4.98. The zero-order valence-corrected chi connectivity index (χ0v) is 12.1. The molecule has 0 saturated carbocycles. The van der Waals surface area contributed by atoms with Gasteiger partial charge in [-0.05, 0) is 36.4 Å². The van der Waals surface area contributed by atoms with Crippen LogP contribution in [0.25, 0.3) is 0 Å². The van der Waals surface area contributed by atoms with E-state index in [0.29, 0.717) is 10.6 Å². The van der Waals surface area contributed by atoms with Gasteiger partial charge in [0.05, 0.1) is 10.6 Å². The van der Waals surface area contributed by atoms with Crippen LogP contribution in [0, 0.1) is 0 Å². The van der Waals surface area contributed by atoms with Gasteiger partial charge in [0.15, 0.2) is 5.75 Å². The lowest BCUT2D eigenvalue weighted by atomic mass is 10.2. The Bertz CT molecular complexity index is 582. The van der Waals surface area contributed by atoms with Crippen LogP contribution in [0.3, 0.4) is 0 Å². The number of benzene rings is 2. The molecule has 0 spiro atoms. The number of ether oxygens (including phenoxy) is 1. The largest absolute Gasteiger partial charge is 0.421 e. The Labute approximate surface area is 123 Å². The average molecular weight is 346 g/mol. The van der Waals surface area contributed by atoms with Gasteiger partial charge in [0.2, 0.25) is 0 Å². The molecule has 0 N–H and O–H groups in total. The molecule has 0 bridgehead atoms. The summed E-state index contributed by atoms with van der Waals surface area (Å²) in [5, 5.41) is 0.572. The van der Waals surface area contributed by atoms with Crippen LogP contribution >= 0.6 is 39.1 Å². The first-order valence-corrected chi connectivity index (χ1v) is 6.54. The normalized spacial score (nSPS) is 10.2. The van der Waals surface area contributed by atoms with Crippen molar-refractivity contribution in [2.75, 3.05) is 0 Å². The molecule has 0 aliphatic rings. The summed E-state index contributed by atoms with van der Waals surface area (Å²) >= 11 is 15.1. The van der Waals surface area contributed by atoms with Crippen molar-refractivity contribution in [3.63, 3.8) is 0 Å². The molecular formula is C13H7BrCl2O2.